The summed E-state index contributed by atoms with van der Waals surface area (Å²) < 4.78 is 0. The van der Waals surface area contributed by atoms with Gasteiger partial charge < -0.3 is 20.7 Å². The molecule has 19 heavy (non-hydrogen) atoms. The first-order valence-corrected chi connectivity index (χ1v) is 6.22. The summed E-state index contributed by atoms with van der Waals surface area (Å²) >= 11 is 0. The molecule has 0 aliphatic carbocycles. The molecule has 3 aromatic rings. The summed E-state index contributed by atoms with van der Waals surface area (Å²) in [5.41, 5.74) is 8.82. The summed E-state index contributed by atoms with van der Waals surface area (Å²) in [6, 6.07) is 5.75. The number of benzene rings is 1. The number of aromatic nitrogens is 4. The normalized spacial score (nSPS) is 11.2. The molecule has 5 N–H and O–H groups in total. The Labute approximate surface area is 109 Å². The Bertz CT molecular complexity index is 752. The maximum Gasteiger partial charge on any atom is 0.323 e. The van der Waals surface area contributed by atoms with Crippen LogP contribution in [-0.4, -0.2) is 26.5 Å². The Kier molecular flexibility index (Phi) is 2.92. The molecule has 0 unspecified atom stereocenters. The number of H-pyrrole nitrogens is 3. The van der Waals surface area contributed by atoms with E-state index in [0.717, 1.165) is 41.0 Å². The van der Waals surface area contributed by atoms with Gasteiger partial charge in [0.15, 0.2) is 0 Å². The Morgan fingerprint density at radius 2 is 2.00 bits per heavy atom. The van der Waals surface area contributed by atoms with Crippen LogP contribution in [0.15, 0.2) is 29.2 Å². The third kappa shape index (κ3) is 2.30. The molecule has 98 valence electrons. The van der Waals surface area contributed by atoms with Gasteiger partial charge in [-0.15, -0.1) is 0 Å². The van der Waals surface area contributed by atoms with E-state index in [-0.39, 0.29) is 5.69 Å². The number of aryl methyl sites for hydroxylation is 1. The van der Waals surface area contributed by atoms with E-state index in [4.69, 9.17) is 5.73 Å². The van der Waals surface area contributed by atoms with E-state index in [1.807, 2.05) is 18.2 Å². The zero-order chi connectivity index (χ0) is 13.2. The second-order valence-corrected chi connectivity index (χ2v) is 4.48. The van der Waals surface area contributed by atoms with Gasteiger partial charge in [-0.25, -0.2) is 9.78 Å². The van der Waals surface area contributed by atoms with E-state index < -0.39 is 0 Å². The maximum absolute atomic E-state index is 11.2. The molecule has 2 aromatic heterocycles. The molecule has 0 spiro atoms. The highest BCUT2D eigenvalue weighted by Crippen LogP contribution is 2.20. The molecule has 0 aliphatic rings. The molecule has 0 atom stereocenters. The molecular formula is C13H15N5O. The van der Waals surface area contributed by atoms with Crippen molar-refractivity contribution < 1.29 is 0 Å². The van der Waals surface area contributed by atoms with E-state index in [0.29, 0.717) is 6.54 Å². The molecule has 0 amide bonds. The minimum atomic E-state index is -0.194. The summed E-state index contributed by atoms with van der Waals surface area (Å²) in [5.74, 6) is 0.933. The van der Waals surface area contributed by atoms with Crippen LogP contribution in [0.25, 0.3) is 22.3 Å². The van der Waals surface area contributed by atoms with Gasteiger partial charge in [0.25, 0.3) is 0 Å². The molecule has 1 aromatic carbocycles. The molecule has 2 heterocycles. The van der Waals surface area contributed by atoms with Crippen molar-refractivity contribution in [3.63, 3.8) is 0 Å². The van der Waals surface area contributed by atoms with Crippen LogP contribution in [0.5, 0.6) is 0 Å². The van der Waals surface area contributed by atoms with Crippen molar-refractivity contribution in [2.75, 3.05) is 6.54 Å². The molecular weight excluding hydrogens is 242 g/mol. The number of hydrogen-bond donors (Lipinski definition) is 4. The van der Waals surface area contributed by atoms with Crippen molar-refractivity contribution in [2.24, 2.45) is 5.73 Å². The number of nitrogens with two attached hydrogens (primary N) is 1. The van der Waals surface area contributed by atoms with Gasteiger partial charge in [-0.2, -0.15) is 0 Å². The minimum absolute atomic E-state index is 0.194. The van der Waals surface area contributed by atoms with Crippen molar-refractivity contribution in [3.8, 4) is 11.3 Å². The van der Waals surface area contributed by atoms with Gasteiger partial charge in [0.05, 0.1) is 22.9 Å². The predicted molar refractivity (Wildman–Crippen MR) is 73.9 cm³/mol. The van der Waals surface area contributed by atoms with Gasteiger partial charge >= 0.3 is 5.69 Å². The van der Waals surface area contributed by atoms with Crippen LogP contribution < -0.4 is 11.4 Å². The lowest BCUT2D eigenvalue weighted by Gasteiger charge is -1.98. The van der Waals surface area contributed by atoms with Crippen molar-refractivity contribution >= 4 is 11.0 Å². The largest absolute Gasteiger partial charge is 0.342 e. The van der Waals surface area contributed by atoms with Crippen LogP contribution in [0.4, 0.5) is 0 Å². The quantitative estimate of drug-likeness (QED) is 0.563. The fraction of sp³-hybridized carbons (Fsp3) is 0.231. The number of fused-ring (bicyclic) bond motifs is 1. The number of aromatic amines is 3. The first-order valence-electron chi connectivity index (χ1n) is 6.22. The van der Waals surface area contributed by atoms with Crippen molar-refractivity contribution in [1.82, 2.24) is 19.9 Å². The molecule has 6 nitrogen and oxygen atoms in total. The average molecular weight is 257 g/mol. The van der Waals surface area contributed by atoms with E-state index in [1.165, 1.54) is 0 Å². The molecule has 0 fully saturated rings. The molecule has 0 radical (unpaired) electrons. The monoisotopic (exact) mass is 257 g/mol. The summed E-state index contributed by atoms with van der Waals surface area (Å²) in [6.07, 6.45) is 3.56. The van der Waals surface area contributed by atoms with Crippen molar-refractivity contribution in [3.05, 3.63) is 40.7 Å². The predicted octanol–water partition coefficient (Wildman–Crippen LogP) is 1.14. The zero-order valence-corrected chi connectivity index (χ0v) is 10.4. The van der Waals surface area contributed by atoms with Crippen LogP contribution >= 0.6 is 0 Å². The topological polar surface area (TPSA) is 103 Å². The first-order chi connectivity index (χ1) is 9.26. The average Bonchev–Trinajstić information content (AvgIpc) is 3.00. The maximum atomic E-state index is 11.2. The van der Waals surface area contributed by atoms with Crippen LogP contribution in [0.1, 0.15) is 12.2 Å². The van der Waals surface area contributed by atoms with Crippen LogP contribution in [-0.2, 0) is 6.42 Å². The Hall–Kier alpha value is -2.34. The first kappa shape index (κ1) is 11.7. The highest BCUT2D eigenvalue weighted by atomic mass is 16.1. The van der Waals surface area contributed by atoms with Gasteiger partial charge in [-0.1, -0.05) is 6.07 Å². The van der Waals surface area contributed by atoms with E-state index in [9.17, 15) is 4.79 Å². The van der Waals surface area contributed by atoms with Gasteiger partial charge in [0.1, 0.15) is 5.82 Å². The van der Waals surface area contributed by atoms with Crippen molar-refractivity contribution in [2.45, 2.75) is 12.8 Å². The van der Waals surface area contributed by atoms with Gasteiger partial charge in [-0.05, 0) is 25.1 Å². The minimum Gasteiger partial charge on any atom is -0.342 e. The van der Waals surface area contributed by atoms with Gasteiger partial charge in [0.2, 0.25) is 0 Å². The fourth-order valence-corrected chi connectivity index (χ4v) is 2.11. The Morgan fingerprint density at radius 1 is 1.16 bits per heavy atom. The number of rotatable bonds is 4. The van der Waals surface area contributed by atoms with Gasteiger partial charge in [0, 0.05) is 12.0 Å². The third-order valence-corrected chi connectivity index (χ3v) is 3.07. The highest BCUT2D eigenvalue weighted by molar-refractivity contribution is 5.80. The number of imidazole rings is 2. The lowest BCUT2D eigenvalue weighted by molar-refractivity contribution is 0.794. The standard InChI is InChI=1S/C13H15N5O/c14-5-1-2-12-15-7-11(16-12)8-3-4-9-10(6-8)18-13(19)17-9/h3-4,6-7H,1-2,5,14H2,(H,15,16)(H2,17,18,19). The van der Waals surface area contributed by atoms with E-state index >= 15 is 0 Å². The number of hydrogen-bond acceptors (Lipinski definition) is 3. The lowest BCUT2D eigenvalue weighted by Crippen LogP contribution is -2.01. The Morgan fingerprint density at radius 3 is 2.84 bits per heavy atom. The summed E-state index contributed by atoms with van der Waals surface area (Å²) in [6.45, 7) is 0.659. The summed E-state index contributed by atoms with van der Waals surface area (Å²) in [5, 5.41) is 0. The van der Waals surface area contributed by atoms with Crippen LogP contribution in [0, 0.1) is 0 Å². The zero-order valence-electron chi connectivity index (χ0n) is 10.4. The molecule has 0 saturated carbocycles. The van der Waals surface area contributed by atoms with Crippen LogP contribution in [0.3, 0.4) is 0 Å². The van der Waals surface area contributed by atoms with Gasteiger partial charge in [-0.3, -0.25) is 0 Å². The molecule has 0 bridgehead atoms. The second kappa shape index (κ2) is 4.74. The van der Waals surface area contributed by atoms with E-state index in [2.05, 4.69) is 19.9 Å². The fourth-order valence-electron chi connectivity index (χ4n) is 2.11. The van der Waals surface area contributed by atoms with E-state index in [1.54, 1.807) is 6.20 Å². The molecule has 3 rings (SSSR count). The molecule has 0 saturated heterocycles. The molecule has 6 heteroatoms. The smallest absolute Gasteiger partial charge is 0.323 e. The number of nitrogens with one attached hydrogen (secondary N) is 3. The second-order valence-electron chi connectivity index (χ2n) is 4.48. The van der Waals surface area contributed by atoms with Crippen molar-refractivity contribution in [1.29, 1.82) is 0 Å². The summed E-state index contributed by atoms with van der Waals surface area (Å²) in [7, 11) is 0. The SMILES string of the molecule is NCCCc1ncc(-c2ccc3[nH]c(=O)[nH]c3c2)[nH]1. The Balaban J connectivity index is 1.94. The number of nitrogens with zero attached hydrogens (tertiary/aromatic N) is 1. The lowest BCUT2D eigenvalue weighted by atomic mass is 10.1. The van der Waals surface area contributed by atoms with Crippen LogP contribution in [0.2, 0.25) is 0 Å². The molecule has 0 aliphatic heterocycles. The third-order valence-electron chi connectivity index (χ3n) is 3.07. The summed E-state index contributed by atoms with van der Waals surface area (Å²) in [4.78, 5) is 24.3. The highest BCUT2D eigenvalue weighted by Gasteiger charge is 2.05.